The summed E-state index contributed by atoms with van der Waals surface area (Å²) in [6.45, 7) is -0.167. The van der Waals surface area contributed by atoms with Crippen LogP contribution in [0.3, 0.4) is 0 Å². The summed E-state index contributed by atoms with van der Waals surface area (Å²) in [6, 6.07) is 8.72. The third kappa shape index (κ3) is 5.19. The van der Waals surface area contributed by atoms with Gasteiger partial charge in [-0.25, -0.2) is 10.2 Å². The van der Waals surface area contributed by atoms with E-state index in [2.05, 4.69) is 31.2 Å². The fraction of sp³-hybridized carbons (Fsp3) is 0.133. The first-order valence-electron chi connectivity index (χ1n) is 6.46. The van der Waals surface area contributed by atoms with Crippen molar-refractivity contribution in [1.82, 2.24) is 5.43 Å². The van der Waals surface area contributed by atoms with Gasteiger partial charge in [0.1, 0.15) is 5.75 Å². The number of carbonyl (C=O) groups excluding carboxylic acids is 2. The maximum atomic E-state index is 11.7. The highest BCUT2D eigenvalue weighted by atomic mass is 79.9. The lowest BCUT2D eigenvalue weighted by Crippen LogP contribution is -2.16. The summed E-state index contributed by atoms with van der Waals surface area (Å²) in [5.41, 5.74) is 3.21. The summed E-state index contributed by atoms with van der Waals surface area (Å²) in [5, 5.41) is 5.72. The number of benzene rings is 1. The number of ether oxygens (including phenoxy) is 2. The number of carbonyl (C=O) groups is 2. The zero-order valence-electron chi connectivity index (χ0n) is 12.1. The smallest absolute Gasteiger partial charge is 0.343 e. The Morgan fingerprint density at radius 2 is 2.22 bits per heavy atom. The quantitative estimate of drug-likeness (QED) is 0.462. The largest absolute Gasteiger partial charge is 0.481 e. The number of nitrogens with zero attached hydrogens (tertiary/aromatic N) is 1. The highest BCUT2D eigenvalue weighted by Gasteiger charge is 2.06. The molecular formula is C15H13BrN2O4S. The van der Waals surface area contributed by atoms with E-state index in [-0.39, 0.29) is 12.5 Å². The molecular weight excluding hydrogens is 384 g/mol. The van der Waals surface area contributed by atoms with Gasteiger partial charge in [0, 0.05) is 0 Å². The molecule has 0 aliphatic carbocycles. The van der Waals surface area contributed by atoms with Crippen LogP contribution in [0.4, 0.5) is 0 Å². The van der Waals surface area contributed by atoms with Crippen LogP contribution >= 0.6 is 27.3 Å². The molecule has 0 saturated heterocycles. The van der Waals surface area contributed by atoms with Crippen LogP contribution in [-0.4, -0.2) is 31.8 Å². The maximum absolute atomic E-state index is 11.7. The van der Waals surface area contributed by atoms with E-state index in [1.165, 1.54) is 24.7 Å². The Morgan fingerprint density at radius 1 is 1.39 bits per heavy atom. The number of hydrogen-bond donors (Lipinski definition) is 1. The van der Waals surface area contributed by atoms with E-state index in [1.807, 2.05) is 5.38 Å². The lowest BCUT2D eigenvalue weighted by molar-refractivity contribution is -0.142. The van der Waals surface area contributed by atoms with Gasteiger partial charge in [-0.2, -0.15) is 5.10 Å². The summed E-state index contributed by atoms with van der Waals surface area (Å²) in [4.78, 5) is 23.3. The average Bonchev–Trinajstić information content (AvgIpc) is 3.08. The van der Waals surface area contributed by atoms with Crippen molar-refractivity contribution in [1.29, 1.82) is 0 Å². The molecule has 1 aromatic heterocycles. The minimum Gasteiger partial charge on any atom is -0.481 e. The molecule has 1 amide bonds. The number of esters is 1. The van der Waals surface area contributed by atoms with Crippen LogP contribution in [0.15, 0.2) is 45.3 Å². The molecule has 6 nitrogen and oxygen atoms in total. The van der Waals surface area contributed by atoms with Gasteiger partial charge in [-0.1, -0.05) is 6.07 Å². The molecule has 23 heavy (non-hydrogen) atoms. The standard InChI is InChI=1S/C15H13BrN2O4S/c1-21-14(19)9-22-12-5-4-10(7-11(12)16)8-17-18-15(20)13-3-2-6-23-13/h2-8H,9H2,1H3,(H,18,20). The van der Waals surface area contributed by atoms with Gasteiger partial charge in [-0.15, -0.1) is 11.3 Å². The summed E-state index contributed by atoms with van der Waals surface area (Å²) in [5.74, 6) is -0.206. The Morgan fingerprint density at radius 3 is 2.87 bits per heavy atom. The van der Waals surface area contributed by atoms with Crippen molar-refractivity contribution in [2.75, 3.05) is 13.7 Å². The van der Waals surface area contributed by atoms with Crippen LogP contribution < -0.4 is 10.2 Å². The second kappa shape index (κ2) is 8.44. The highest BCUT2D eigenvalue weighted by molar-refractivity contribution is 9.10. The third-order valence-electron chi connectivity index (χ3n) is 2.65. The molecule has 0 aliphatic rings. The minimum atomic E-state index is -0.459. The van der Waals surface area contributed by atoms with Gasteiger partial charge in [-0.05, 0) is 51.1 Å². The van der Waals surface area contributed by atoms with Gasteiger partial charge < -0.3 is 9.47 Å². The second-order valence-electron chi connectivity index (χ2n) is 4.23. The van der Waals surface area contributed by atoms with Gasteiger partial charge >= 0.3 is 5.97 Å². The predicted octanol–water partition coefficient (Wildman–Crippen LogP) is 2.83. The molecule has 2 rings (SSSR count). The van der Waals surface area contributed by atoms with Crippen molar-refractivity contribution in [3.8, 4) is 5.75 Å². The van der Waals surface area contributed by atoms with Crippen LogP contribution in [0.5, 0.6) is 5.75 Å². The Labute approximate surface area is 145 Å². The SMILES string of the molecule is COC(=O)COc1ccc(C=NNC(=O)c2cccs2)cc1Br. The summed E-state index contributed by atoms with van der Waals surface area (Å²) in [7, 11) is 1.30. The molecule has 0 atom stereocenters. The fourth-order valence-electron chi connectivity index (χ4n) is 1.54. The molecule has 0 saturated carbocycles. The normalized spacial score (nSPS) is 10.5. The van der Waals surface area contributed by atoms with E-state index >= 15 is 0 Å². The number of thiophene rings is 1. The van der Waals surface area contributed by atoms with Crippen molar-refractivity contribution in [2.45, 2.75) is 0 Å². The molecule has 0 spiro atoms. The topological polar surface area (TPSA) is 77.0 Å². The zero-order chi connectivity index (χ0) is 16.7. The molecule has 8 heteroatoms. The Balaban J connectivity index is 1.93. The molecule has 120 valence electrons. The molecule has 0 bridgehead atoms. The monoisotopic (exact) mass is 396 g/mol. The number of nitrogens with one attached hydrogen (secondary N) is 1. The Hall–Kier alpha value is -2.19. The molecule has 1 N–H and O–H groups in total. The summed E-state index contributed by atoms with van der Waals surface area (Å²) < 4.78 is 10.5. The third-order valence-corrected chi connectivity index (χ3v) is 4.14. The Kier molecular flexibility index (Phi) is 6.30. The first kappa shape index (κ1) is 17.2. The first-order valence-corrected chi connectivity index (χ1v) is 8.13. The Bertz CT molecular complexity index is 716. The van der Waals surface area contributed by atoms with E-state index in [0.29, 0.717) is 15.1 Å². The number of amides is 1. The van der Waals surface area contributed by atoms with E-state index in [1.54, 1.807) is 30.3 Å². The van der Waals surface area contributed by atoms with E-state index in [0.717, 1.165) is 5.56 Å². The van der Waals surface area contributed by atoms with Gasteiger partial charge in [0.15, 0.2) is 6.61 Å². The summed E-state index contributed by atoms with van der Waals surface area (Å²) >= 11 is 4.69. The van der Waals surface area contributed by atoms with E-state index in [4.69, 9.17) is 4.74 Å². The van der Waals surface area contributed by atoms with Crippen molar-refractivity contribution in [2.24, 2.45) is 5.10 Å². The van der Waals surface area contributed by atoms with E-state index in [9.17, 15) is 9.59 Å². The van der Waals surface area contributed by atoms with Crippen LogP contribution in [0, 0.1) is 0 Å². The number of methoxy groups -OCH3 is 1. The first-order chi connectivity index (χ1) is 11.1. The molecule has 0 aliphatic heterocycles. The molecule has 1 aromatic carbocycles. The van der Waals surface area contributed by atoms with Gasteiger partial charge in [0.2, 0.25) is 0 Å². The van der Waals surface area contributed by atoms with Crippen molar-refractivity contribution >= 4 is 45.4 Å². The molecule has 0 fully saturated rings. The number of hydrogen-bond acceptors (Lipinski definition) is 6. The second-order valence-corrected chi connectivity index (χ2v) is 6.03. The number of halogens is 1. The number of rotatable bonds is 6. The fourth-order valence-corrected chi connectivity index (χ4v) is 2.66. The van der Waals surface area contributed by atoms with Crippen molar-refractivity contribution in [3.63, 3.8) is 0 Å². The molecule has 0 radical (unpaired) electrons. The molecule has 1 heterocycles. The van der Waals surface area contributed by atoms with Gasteiger partial charge in [0.05, 0.1) is 22.7 Å². The van der Waals surface area contributed by atoms with Crippen molar-refractivity contribution in [3.05, 3.63) is 50.6 Å². The van der Waals surface area contributed by atoms with Gasteiger partial charge in [0.25, 0.3) is 5.91 Å². The van der Waals surface area contributed by atoms with Crippen LogP contribution in [0.2, 0.25) is 0 Å². The van der Waals surface area contributed by atoms with Crippen LogP contribution in [-0.2, 0) is 9.53 Å². The lowest BCUT2D eigenvalue weighted by atomic mass is 10.2. The average molecular weight is 397 g/mol. The van der Waals surface area contributed by atoms with Crippen LogP contribution in [0.25, 0.3) is 0 Å². The zero-order valence-corrected chi connectivity index (χ0v) is 14.5. The number of hydrazone groups is 1. The maximum Gasteiger partial charge on any atom is 0.343 e. The minimum absolute atomic E-state index is 0.167. The summed E-state index contributed by atoms with van der Waals surface area (Å²) in [6.07, 6.45) is 1.51. The molecule has 2 aromatic rings. The lowest BCUT2D eigenvalue weighted by Gasteiger charge is -2.07. The molecule has 0 unspecified atom stereocenters. The van der Waals surface area contributed by atoms with E-state index < -0.39 is 5.97 Å². The van der Waals surface area contributed by atoms with Crippen molar-refractivity contribution < 1.29 is 19.1 Å². The predicted molar refractivity (Wildman–Crippen MR) is 91.0 cm³/mol. The van der Waals surface area contributed by atoms with Crippen LogP contribution in [0.1, 0.15) is 15.2 Å². The highest BCUT2D eigenvalue weighted by Crippen LogP contribution is 2.25. The van der Waals surface area contributed by atoms with Gasteiger partial charge in [-0.3, -0.25) is 4.79 Å².